The molecule has 78 valence electrons. The van der Waals surface area contributed by atoms with Crippen molar-refractivity contribution in [1.82, 2.24) is 15.0 Å². The van der Waals surface area contributed by atoms with Gasteiger partial charge in [-0.05, 0) is 0 Å². The standard InChI is InChI=1S/C5H4F4N4O/c6-1(7)5(8,9)2-11-3(10)13-4(14)12-2/h1H,(H3,10,11,12,13,14). The Morgan fingerprint density at radius 1 is 1.36 bits per heavy atom. The Morgan fingerprint density at radius 2 is 1.93 bits per heavy atom. The number of nitrogens with zero attached hydrogens (tertiary/aromatic N) is 2. The minimum Gasteiger partial charge on any atom is -0.368 e. The van der Waals surface area contributed by atoms with E-state index < -0.39 is 29.8 Å². The Morgan fingerprint density at radius 3 is 2.36 bits per heavy atom. The maximum absolute atomic E-state index is 12.6. The van der Waals surface area contributed by atoms with Crippen molar-refractivity contribution < 1.29 is 17.6 Å². The summed E-state index contributed by atoms with van der Waals surface area (Å²) in [5.41, 5.74) is 3.58. The predicted molar refractivity (Wildman–Crippen MR) is 37.0 cm³/mol. The number of rotatable bonds is 2. The van der Waals surface area contributed by atoms with Crippen LogP contribution < -0.4 is 11.4 Å². The number of nitrogens with one attached hydrogen (secondary N) is 1. The van der Waals surface area contributed by atoms with E-state index in [4.69, 9.17) is 5.73 Å². The maximum Gasteiger partial charge on any atom is 0.364 e. The zero-order valence-corrected chi connectivity index (χ0v) is 6.47. The molecule has 3 N–H and O–H groups in total. The molecule has 0 aliphatic carbocycles. The molecule has 0 aliphatic heterocycles. The van der Waals surface area contributed by atoms with E-state index in [1.54, 1.807) is 0 Å². The molecular weight excluding hydrogens is 208 g/mol. The van der Waals surface area contributed by atoms with E-state index in [1.807, 2.05) is 0 Å². The van der Waals surface area contributed by atoms with Crippen LogP contribution in [-0.2, 0) is 5.92 Å². The van der Waals surface area contributed by atoms with Crippen LogP contribution in [0.1, 0.15) is 5.82 Å². The topological polar surface area (TPSA) is 84.7 Å². The van der Waals surface area contributed by atoms with Gasteiger partial charge in [-0.25, -0.2) is 13.6 Å². The van der Waals surface area contributed by atoms with Crippen molar-refractivity contribution in [3.8, 4) is 0 Å². The molecule has 14 heavy (non-hydrogen) atoms. The summed E-state index contributed by atoms with van der Waals surface area (Å²) in [4.78, 5) is 17.6. The highest BCUT2D eigenvalue weighted by Gasteiger charge is 2.45. The van der Waals surface area contributed by atoms with Crippen molar-refractivity contribution in [2.45, 2.75) is 12.3 Å². The van der Waals surface area contributed by atoms with Gasteiger partial charge in [-0.15, -0.1) is 0 Å². The van der Waals surface area contributed by atoms with Crippen LogP contribution in [0.2, 0.25) is 0 Å². The van der Waals surface area contributed by atoms with Gasteiger partial charge < -0.3 is 5.73 Å². The molecule has 0 amide bonds. The van der Waals surface area contributed by atoms with Gasteiger partial charge in [-0.3, -0.25) is 4.98 Å². The Labute approximate surface area is 74.0 Å². The highest BCUT2D eigenvalue weighted by molar-refractivity contribution is 5.14. The van der Waals surface area contributed by atoms with Crippen LogP contribution in [0.15, 0.2) is 4.79 Å². The fraction of sp³-hybridized carbons (Fsp3) is 0.400. The fourth-order valence-corrected chi connectivity index (χ4v) is 0.662. The Hall–Kier alpha value is -1.67. The smallest absolute Gasteiger partial charge is 0.364 e. The average Bonchev–Trinajstić information content (AvgIpc) is 2.01. The number of nitrogen functional groups attached to an aromatic ring is 1. The van der Waals surface area contributed by atoms with E-state index in [0.29, 0.717) is 0 Å². The molecule has 1 aromatic heterocycles. The SMILES string of the molecule is Nc1nc(C(F)(F)C(F)F)[nH]c(=O)n1. The van der Waals surface area contributed by atoms with Gasteiger partial charge >= 0.3 is 18.0 Å². The summed E-state index contributed by atoms with van der Waals surface area (Å²) in [5.74, 6) is -6.83. The quantitative estimate of drug-likeness (QED) is 0.681. The summed E-state index contributed by atoms with van der Waals surface area (Å²) in [7, 11) is 0. The molecule has 0 spiro atoms. The zero-order chi connectivity index (χ0) is 10.9. The number of aromatic amines is 1. The van der Waals surface area contributed by atoms with E-state index in [-0.39, 0.29) is 0 Å². The van der Waals surface area contributed by atoms with Gasteiger partial charge in [0.05, 0.1) is 0 Å². The lowest BCUT2D eigenvalue weighted by Gasteiger charge is -2.13. The molecule has 0 unspecified atom stereocenters. The number of halogens is 4. The van der Waals surface area contributed by atoms with E-state index in [2.05, 4.69) is 9.97 Å². The summed E-state index contributed by atoms with van der Waals surface area (Å²) >= 11 is 0. The first-order valence-electron chi connectivity index (χ1n) is 3.24. The van der Waals surface area contributed by atoms with Crippen LogP contribution in [-0.4, -0.2) is 21.4 Å². The van der Waals surface area contributed by atoms with Crippen molar-refractivity contribution in [3.63, 3.8) is 0 Å². The van der Waals surface area contributed by atoms with Crippen LogP contribution in [0.5, 0.6) is 0 Å². The molecule has 1 rings (SSSR count). The molecule has 0 saturated heterocycles. The van der Waals surface area contributed by atoms with Crippen molar-refractivity contribution in [1.29, 1.82) is 0 Å². The second kappa shape index (κ2) is 3.24. The summed E-state index contributed by atoms with van der Waals surface area (Å²) < 4.78 is 48.7. The lowest BCUT2D eigenvalue weighted by molar-refractivity contribution is -0.141. The number of hydrogen-bond donors (Lipinski definition) is 2. The molecule has 0 aromatic carbocycles. The Bertz CT molecular complexity index is 390. The van der Waals surface area contributed by atoms with Gasteiger partial charge in [0, 0.05) is 0 Å². The van der Waals surface area contributed by atoms with Gasteiger partial charge in [-0.1, -0.05) is 0 Å². The van der Waals surface area contributed by atoms with Gasteiger partial charge in [0.2, 0.25) is 5.95 Å². The fourth-order valence-electron chi connectivity index (χ4n) is 0.662. The molecule has 0 bridgehead atoms. The largest absolute Gasteiger partial charge is 0.368 e. The molecule has 0 radical (unpaired) electrons. The molecule has 0 atom stereocenters. The zero-order valence-electron chi connectivity index (χ0n) is 6.47. The monoisotopic (exact) mass is 212 g/mol. The van der Waals surface area contributed by atoms with Crippen LogP contribution in [0.25, 0.3) is 0 Å². The first kappa shape index (κ1) is 10.4. The van der Waals surface area contributed by atoms with Crippen molar-refractivity contribution in [2.24, 2.45) is 0 Å². The first-order valence-corrected chi connectivity index (χ1v) is 3.24. The summed E-state index contributed by atoms with van der Waals surface area (Å²) in [6.45, 7) is 0. The lowest BCUT2D eigenvalue weighted by Crippen LogP contribution is -2.30. The predicted octanol–water partition coefficient (Wildman–Crippen LogP) is 0.104. The van der Waals surface area contributed by atoms with Gasteiger partial charge in [0.15, 0.2) is 5.82 Å². The average molecular weight is 212 g/mol. The minimum atomic E-state index is -4.55. The van der Waals surface area contributed by atoms with Crippen molar-refractivity contribution in [3.05, 3.63) is 16.3 Å². The number of anilines is 1. The normalized spacial score (nSPS) is 12.1. The highest BCUT2D eigenvalue weighted by atomic mass is 19.3. The molecule has 9 heteroatoms. The van der Waals surface area contributed by atoms with Crippen LogP contribution in [0, 0.1) is 0 Å². The van der Waals surface area contributed by atoms with E-state index >= 15 is 0 Å². The van der Waals surface area contributed by atoms with Crippen molar-refractivity contribution in [2.75, 3.05) is 5.73 Å². The Balaban J connectivity index is 3.25. The third kappa shape index (κ3) is 1.80. The molecule has 1 aromatic rings. The highest BCUT2D eigenvalue weighted by Crippen LogP contribution is 2.31. The number of nitrogens with two attached hydrogens (primary N) is 1. The van der Waals surface area contributed by atoms with E-state index in [9.17, 15) is 22.4 Å². The molecule has 0 fully saturated rings. The van der Waals surface area contributed by atoms with Crippen LogP contribution >= 0.6 is 0 Å². The second-order valence-corrected chi connectivity index (χ2v) is 2.28. The van der Waals surface area contributed by atoms with Crippen LogP contribution in [0.3, 0.4) is 0 Å². The molecule has 5 nitrogen and oxygen atoms in total. The molecular formula is C5H4F4N4O. The van der Waals surface area contributed by atoms with Gasteiger partial charge in [0.1, 0.15) is 0 Å². The van der Waals surface area contributed by atoms with Gasteiger partial charge in [0.25, 0.3) is 0 Å². The van der Waals surface area contributed by atoms with Crippen LogP contribution in [0.4, 0.5) is 23.5 Å². The van der Waals surface area contributed by atoms with Crippen molar-refractivity contribution >= 4 is 5.95 Å². The summed E-state index contributed by atoms with van der Waals surface area (Å²) in [6, 6.07) is 0. The summed E-state index contributed by atoms with van der Waals surface area (Å²) in [5, 5.41) is 0. The minimum absolute atomic E-state index is 0.788. The molecule has 0 aliphatic rings. The Kier molecular flexibility index (Phi) is 2.41. The maximum atomic E-state index is 12.6. The first-order chi connectivity index (χ1) is 6.34. The van der Waals surface area contributed by atoms with Gasteiger partial charge in [-0.2, -0.15) is 18.7 Å². The number of H-pyrrole nitrogens is 1. The number of aromatic nitrogens is 3. The number of alkyl halides is 4. The number of hydrogen-bond acceptors (Lipinski definition) is 4. The third-order valence-electron chi connectivity index (χ3n) is 1.26. The summed E-state index contributed by atoms with van der Waals surface area (Å²) in [6.07, 6.45) is -3.98. The second-order valence-electron chi connectivity index (χ2n) is 2.28. The van der Waals surface area contributed by atoms with E-state index in [1.165, 1.54) is 4.98 Å². The lowest BCUT2D eigenvalue weighted by atomic mass is 10.3. The third-order valence-corrected chi connectivity index (χ3v) is 1.26. The molecule has 1 heterocycles. The molecule has 0 saturated carbocycles. The van der Waals surface area contributed by atoms with E-state index in [0.717, 1.165) is 0 Å².